The van der Waals surface area contributed by atoms with E-state index in [1.54, 1.807) is 6.07 Å². The first-order chi connectivity index (χ1) is 6.92. The van der Waals surface area contributed by atoms with Gasteiger partial charge in [0.05, 0.1) is 12.5 Å². The highest BCUT2D eigenvalue weighted by atomic mass is 19.4. The molecule has 1 aromatic rings. The van der Waals surface area contributed by atoms with Gasteiger partial charge in [-0.2, -0.15) is 9.65 Å². The Morgan fingerprint density at radius 2 is 2.13 bits per heavy atom. The van der Waals surface area contributed by atoms with Gasteiger partial charge in [0.2, 0.25) is 0 Å². The van der Waals surface area contributed by atoms with E-state index in [4.69, 9.17) is 5.26 Å². The molecule has 0 fully saturated rings. The van der Waals surface area contributed by atoms with Crippen LogP contribution < -0.4 is 4.74 Å². The van der Waals surface area contributed by atoms with Gasteiger partial charge in [0.25, 0.3) is 5.95 Å². The standard InChI is InChI=1S/C8H4F4N2O/c9-7-6(15-8(10,11)12)3-5(1-2-13)4-14-7/h3-4H,1H2. The molecule has 80 valence electrons. The Kier molecular flexibility index (Phi) is 3.09. The molecule has 1 aromatic heterocycles. The average Bonchev–Trinajstić information content (AvgIpc) is 2.09. The molecule has 0 aliphatic heterocycles. The number of nitriles is 1. The maximum Gasteiger partial charge on any atom is 0.573 e. The first kappa shape index (κ1) is 11.2. The van der Waals surface area contributed by atoms with E-state index in [9.17, 15) is 17.6 Å². The lowest BCUT2D eigenvalue weighted by atomic mass is 10.2. The summed E-state index contributed by atoms with van der Waals surface area (Å²) in [6, 6.07) is 2.48. The van der Waals surface area contributed by atoms with Gasteiger partial charge in [-0.1, -0.05) is 0 Å². The summed E-state index contributed by atoms with van der Waals surface area (Å²) in [6.45, 7) is 0. The van der Waals surface area contributed by atoms with Crippen molar-refractivity contribution in [2.45, 2.75) is 12.8 Å². The number of hydrogen-bond acceptors (Lipinski definition) is 3. The van der Waals surface area contributed by atoms with E-state index >= 15 is 0 Å². The zero-order valence-electron chi connectivity index (χ0n) is 7.18. The molecule has 0 aromatic carbocycles. The fourth-order valence-corrected chi connectivity index (χ4v) is 0.853. The van der Waals surface area contributed by atoms with Crippen molar-refractivity contribution in [1.82, 2.24) is 4.98 Å². The van der Waals surface area contributed by atoms with Crippen molar-refractivity contribution in [3.8, 4) is 11.8 Å². The summed E-state index contributed by atoms with van der Waals surface area (Å²) in [7, 11) is 0. The van der Waals surface area contributed by atoms with E-state index in [2.05, 4.69) is 9.72 Å². The van der Waals surface area contributed by atoms with Crippen molar-refractivity contribution >= 4 is 0 Å². The van der Waals surface area contributed by atoms with Gasteiger partial charge in [0, 0.05) is 6.20 Å². The Labute approximate surface area is 81.9 Å². The second kappa shape index (κ2) is 4.13. The number of ether oxygens (including phenoxy) is 1. The second-order valence-corrected chi connectivity index (χ2v) is 2.52. The zero-order chi connectivity index (χ0) is 11.5. The third-order valence-corrected chi connectivity index (χ3v) is 1.37. The molecule has 0 saturated carbocycles. The van der Waals surface area contributed by atoms with Crippen LogP contribution in [0.4, 0.5) is 17.6 Å². The molecule has 0 atom stereocenters. The monoisotopic (exact) mass is 220 g/mol. The van der Waals surface area contributed by atoms with Crippen LogP contribution in [0.2, 0.25) is 0 Å². The summed E-state index contributed by atoms with van der Waals surface area (Å²) in [5.74, 6) is -2.40. The lowest BCUT2D eigenvalue weighted by Gasteiger charge is -2.09. The SMILES string of the molecule is N#CCc1cnc(F)c(OC(F)(F)F)c1. The van der Waals surface area contributed by atoms with Crippen LogP contribution in [0.3, 0.4) is 0 Å². The Morgan fingerprint density at radius 3 is 2.67 bits per heavy atom. The molecule has 1 heterocycles. The highest BCUT2D eigenvalue weighted by Gasteiger charge is 2.32. The fraction of sp³-hybridized carbons (Fsp3) is 0.250. The predicted octanol–water partition coefficient (Wildman–Crippen LogP) is 2.19. The van der Waals surface area contributed by atoms with E-state index in [-0.39, 0.29) is 12.0 Å². The van der Waals surface area contributed by atoms with Gasteiger partial charge in [0.1, 0.15) is 0 Å². The number of alkyl halides is 3. The number of pyridine rings is 1. The molecule has 0 aliphatic carbocycles. The summed E-state index contributed by atoms with van der Waals surface area (Å²) in [6.07, 6.45) is -4.17. The highest BCUT2D eigenvalue weighted by molar-refractivity contribution is 5.26. The van der Waals surface area contributed by atoms with Gasteiger partial charge in [-0.05, 0) is 11.6 Å². The van der Waals surface area contributed by atoms with Crippen molar-refractivity contribution in [3.63, 3.8) is 0 Å². The topological polar surface area (TPSA) is 45.9 Å². The van der Waals surface area contributed by atoms with Crippen molar-refractivity contribution in [1.29, 1.82) is 5.26 Å². The Morgan fingerprint density at radius 1 is 1.47 bits per heavy atom. The molecule has 0 unspecified atom stereocenters. The molecule has 0 radical (unpaired) electrons. The smallest absolute Gasteiger partial charge is 0.401 e. The molecular formula is C8H4F4N2O. The lowest BCUT2D eigenvalue weighted by molar-refractivity contribution is -0.275. The minimum absolute atomic E-state index is 0.151. The number of aromatic nitrogens is 1. The summed E-state index contributed by atoms with van der Waals surface area (Å²) in [5, 5.41) is 8.28. The van der Waals surface area contributed by atoms with Crippen LogP contribution in [-0.2, 0) is 6.42 Å². The third kappa shape index (κ3) is 3.42. The van der Waals surface area contributed by atoms with Gasteiger partial charge in [-0.3, -0.25) is 0 Å². The normalized spacial score (nSPS) is 10.9. The molecule has 0 N–H and O–H groups in total. The van der Waals surface area contributed by atoms with E-state index < -0.39 is 18.1 Å². The first-order valence-electron chi connectivity index (χ1n) is 3.69. The fourth-order valence-electron chi connectivity index (χ4n) is 0.853. The Hall–Kier alpha value is -1.84. The third-order valence-electron chi connectivity index (χ3n) is 1.37. The maximum absolute atomic E-state index is 12.7. The summed E-state index contributed by atoms with van der Waals surface area (Å²) in [4.78, 5) is 3.04. The predicted molar refractivity (Wildman–Crippen MR) is 40.2 cm³/mol. The van der Waals surface area contributed by atoms with Crippen molar-refractivity contribution in [3.05, 3.63) is 23.8 Å². The van der Waals surface area contributed by atoms with Crippen LogP contribution in [0.25, 0.3) is 0 Å². The molecule has 3 nitrogen and oxygen atoms in total. The van der Waals surface area contributed by atoms with Gasteiger partial charge < -0.3 is 4.74 Å². The van der Waals surface area contributed by atoms with Crippen LogP contribution in [0.5, 0.6) is 5.75 Å². The number of rotatable bonds is 2. The summed E-state index contributed by atoms with van der Waals surface area (Å²) < 4.78 is 51.4. The van der Waals surface area contributed by atoms with Crippen LogP contribution >= 0.6 is 0 Å². The molecular weight excluding hydrogens is 216 g/mol. The van der Waals surface area contributed by atoms with E-state index in [0.29, 0.717) is 0 Å². The molecule has 15 heavy (non-hydrogen) atoms. The van der Waals surface area contributed by atoms with Crippen LogP contribution in [0, 0.1) is 17.3 Å². The summed E-state index contributed by atoms with van der Waals surface area (Å²) in [5.41, 5.74) is 0.151. The Balaban J connectivity index is 2.96. The number of hydrogen-bond donors (Lipinski definition) is 0. The molecule has 7 heteroatoms. The molecule has 1 rings (SSSR count). The van der Waals surface area contributed by atoms with Crippen molar-refractivity contribution in [2.24, 2.45) is 0 Å². The van der Waals surface area contributed by atoms with Gasteiger partial charge in [-0.15, -0.1) is 13.2 Å². The lowest BCUT2D eigenvalue weighted by Crippen LogP contribution is -2.18. The van der Waals surface area contributed by atoms with Gasteiger partial charge >= 0.3 is 6.36 Å². The quantitative estimate of drug-likeness (QED) is 0.566. The Bertz CT molecular complexity index is 397. The number of halogens is 4. The highest BCUT2D eigenvalue weighted by Crippen LogP contribution is 2.25. The average molecular weight is 220 g/mol. The number of nitrogens with zero attached hydrogens (tertiary/aromatic N) is 2. The van der Waals surface area contributed by atoms with Gasteiger partial charge in [-0.25, -0.2) is 4.98 Å². The molecule has 0 bridgehead atoms. The minimum Gasteiger partial charge on any atom is -0.401 e. The van der Waals surface area contributed by atoms with Crippen LogP contribution in [0.1, 0.15) is 5.56 Å². The van der Waals surface area contributed by atoms with E-state index in [1.807, 2.05) is 0 Å². The van der Waals surface area contributed by atoms with Crippen molar-refractivity contribution < 1.29 is 22.3 Å². The molecule has 0 amide bonds. The molecule has 0 saturated heterocycles. The maximum atomic E-state index is 12.7. The summed E-state index contributed by atoms with van der Waals surface area (Å²) >= 11 is 0. The van der Waals surface area contributed by atoms with Gasteiger partial charge in [0.15, 0.2) is 5.75 Å². The largest absolute Gasteiger partial charge is 0.573 e. The van der Waals surface area contributed by atoms with Crippen LogP contribution in [0.15, 0.2) is 12.3 Å². The first-order valence-corrected chi connectivity index (χ1v) is 3.69. The minimum atomic E-state index is -4.98. The van der Waals surface area contributed by atoms with Crippen LogP contribution in [-0.4, -0.2) is 11.3 Å². The second-order valence-electron chi connectivity index (χ2n) is 2.52. The zero-order valence-corrected chi connectivity index (χ0v) is 7.18. The molecule has 0 aliphatic rings. The van der Waals surface area contributed by atoms with E-state index in [0.717, 1.165) is 12.3 Å². The van der Waals surface area contributed by atoms with E-state index in [1.165, 1.54) is 0 Å². The van der Waals surface area contributed by atoms with Crippen molar-refractivity contribution in [2.75, 3.05) is 0 Å². The molecule has 0 spiro atoms.